The first-order chi connectivity index (χ1) is 11.7. The van der Waals surface area contributed by atoms with Crippen LogP contribution in [0.25, 0.3) is 5.69 Å². The van der Waals surface area contributed by atoms with Gasteiger partial charge in [0, 0.05) is 19.3 Å². The molecule has 0 bridgehead atoms. The molecule has 0 saturated heterocycles. The zero-order chi connectivity index (χ0) is 16.9. The van der Waals surface area contributed by atoms with Crippen LogP contribution in [0.2, 0.25) is 0 Å². The minimum atomic E-state index is -0.0454. The van der Waals surface area contributed by atoms with Crippen LogP contribution in [0.5, 0.6) is 0 Å². The second-order valence-electron chi connectivity index (χ2n) is 5.82. The number of aromatic nitrogens is 2. The molecule has 0 N–H and O–H groups in total. The van der Waals surface area contributed by atoms with Gasteiger partial charge in [0.15, 0.2) is 0 Å². The fourth-order valence-electron chi connectivity index (χ4n) is 2.67. The van der Waals surface area contributed by atoms with E-state index in [2.05, 4.69) is 36.2 Å². The summed E-state index contributed by atoms with van der Waals surface area (Å²) in [6, 6.07) is 18.2. The number of benzene rings is 2. The van der Waals surface area contributed by atoms with Crippen molar-refractivity contribution in [3.8, 4) is 5.69 Å². The molecule has 1 aromatic heterocycles. The van der Waals surface area contributed by atoms with Crippen molar-refractivity contribution in [2.24, 2.45) is 0 Å². The third-order valence-corrected chi connectivity index (χ3v) is 4.09. The van der Waals surface area contributed by atoms with Gasteiger partial charge < -0.3 is 4.90 Å². The molecule has 3 rings (SSSR count). The Hall–Kier alpha value is -2.88. The van der Waals surface area contributed by atoms with Gasteiger partial charge in [-0.1, -0.05) is 49.4 Å². The SMILES string of the molecule is CCc1ccc(CN(C)C(=O)c2cncn2-c2ccccc2)cc1. The van der Waals surface area contributed by atoms with Gasteiger partial charge in [0.05, 0.1) is 12.5 Å². The van der Waals surface area contributed by atoms with Crippen molar-refractivity contribution in [2.75, 3.05) is 7.05 Å². The lowest BCUT2D eigenvalue weighted by Crippen LogP contribution is -2.28. The van der Waals surface area contributed by atoms with Gasteiger partial charge in [-0.05, 0) is 29.7 Å². The first-order valence-corrected chi connectivity index (χ1v) is 8.10. The minimum Gasteiger partial charge on any atom is -0.336 e. The second-order valence-corrected chi connectivity index (χ2v) is 5.82. The van der Waals surface area contributed by atoms with Crippen molar-refractivity contribution >= 4 is 5.91 Å². The summed E-state index contributed by atoms with van der Waals surface area (Å²) in [7, 11) is 1.82. The van der Waals surface area contributed by atoms with Crippen LogP contribution in [-0.2, 0) is 13.0 Å². The lowest BCUT2D eigenvalue weighted by atomic mass is 10.1. The Morgan fingerprint density at radius 2 is 1.71 bits per heavy atom. The molecule has 2 aromatic carbocycles. The number of rotatable bonds is 5. The van der Waals surface area contributed by atoms with Gasteiger partial charge in [0.2, 0.25) is 0 Å². The van der Waals surface area contributed by atoms with Gasteiger partial charge in [-0.25, -0.2) is 4.98 Å². The third-order valence-electron chi connectivity index (χ3n) is 4.09. The number of amides is 1. The van der Waals surface area contributed by atoms with E-state index >= 15 is 0 Å². The van der Waals surface area contributed by atoms with E-state index in [1.54, 1.807) is 17.4 Å². The maximum atomic E-state index is 12.8. The standard InChI is InChI=1S/C20H21N3O/c1-3-16-9-11-17(12-10-16)14-22(2)20(24)19-13-21-15-23(19)18-7-5-4-6-8-18/h4-13,15H,3,14H2,1-2H3. The molecule has 0 spiro atoms. The molecule has 0 aliphatic rings. The zero-order valence-corrected chi connectivity index (χ0v) is 14.0. The topological polar surface area (TPSA) is 38.1 Å². The molecule has 4 nitrogen and oxygen atoms in total. The number of para-hydroxylation sites is 1. The maximum absolute atomic E-state index is 12.8. The lowest BCUT2D eigenvalue weighted by Gasteiger charge is -2.18. The number of imidazole rings is 1. The Morgan fingerprint density at radius 3 is 2.38 bits per heavy atom. The maximum Gasteiger partial charge on any atom is 0.272 e. The molecule has 122 valence electrons. The van der Waals surface area contributed by atoms with Crippen molar-refractivity contribution in [2.45, 2.75) is 19.9 Å². The van der Waals surface area contributed by atoms with Crippen LogP contribution in [0.15, 0.2) is 67.1 Å². The Labute approximate surface area is 142 Å². The van der Waals surface area contributed by atoms with E-state index in [9.17, 15) is 4.79 Å². The van der Waals surface area contributed by atoms with Crippen molar-refractivity contribution < 1.29 is 4.79 Å². The van der Waals surface area contributed by atoms with Gasteiger partial charge >= 0.3 is 0 Å². The van der Waals surface area contributed by atoms with E-state index in [0.29, 0.717) is 12.2 Å². The van der Waals surface area contributed by atoms with Crippen molar-refractivity contribution in [3.63, 3.8) is 0 Å². The Bertz CT molecular complexity index is 806. The Balaban J connectivity index is 1.78. The van der Waals surface area contributed by atoms with Crippen molar-refractivity contribution in [1.82, 2.24) is 14.5 Å². The van der Waals surface area contributed by atoms with Crippen LogP contribution in [0.4, 0.5) is 0 Å². The first-order valence-electron chi connectivity index (χ1n) is 8.10. The van der Waals surface area contributed by atoms with E-state index in [1.807, 2.05) is 41.9 Å². The average Bonchev–Trinajstić information content (AvgIpc) is 3.12. The second kappa shape index (κ2) is 7.13. The summed E-state index contributed by atoms with van der Waals surface area (Å²) in [5.74, 6) is -0.0454. The van der Waals surface area contributed by atoms with E-state index in [4.69, 9.17) is 0 Å². The van der Waals surface area contributed by atoms with Gasteiger partial charge in [-0.2, -0.15) is 0 Å². The molecule has 0 atom stereocenters. The smallest absolute Gasteiger partial charge is 0.272 e. The average molecular weight is 319 g/mol. The van der Waals surface area contributed by atoms with Crippen LogP contribution in [0.3, 0.4) is 0 Å². The number of nitrogens with zero attached hydrogens (tertiary/aromatic N) is 3. The number of hydrogen-bond acceptors (Lipinski definition) is 2. The third kappa shape index (κ3) is 3.38. The summed E-state index contributed by atoms with van der Waals surface area (Å²) in [6.45, 7) is 2.71. The molecular weight excluding hydrogens is 298 g/mol. The van der Waals surface area contributed by atoms with Crippen LogP contribution in [0.1, 0.15) is 28.5 Å². The highest BCUT2D eigenvalue weighted by atomic mass is 16.2. The highest BCUT2D eigenvalue weighted by Crippen LogP contribution is 2.14. The van der Waals surface area contributed by atoms with Gasteiger partial charge in [-0.15, -0.1) is 0 Å². The van der Waals surface area contributed by atoms with E-state index in [1.165, 1.54) is 5.56 Å². The molecule has 3 aromatic rings. The molecule has 0 saturated carbocycles. The highest BCUT2D eigenvalue weighted by Gasteiger charge is 2.17. The summed E-state index contributed by atoms with van der Waals surface area (Å²) in [6.07, 6.45) is 4.31. The van der Waals surface area contributed by atoms with Gasteiger partial charge in [-0.3, -0.25) is 9.36 Å². The van der Waals surface area contributed by atoms with E-state index in [0.717, 1.165) is 17.7 Å². The predicted molar refractivity (Wildman–Crippen MR) is 95.2 cm³/mol. The highest BCUT2D eigenvalue weighted by molar-refractivity contribution is 5.92. The number of carbonyl (C=O) groups excluding carboxylic acids is 1. The fraction of sp³-hybridized carbons (Fsp3) is 0.200. The molecule has 1 amide bonds. The lowest BCUT2D eigenvalue weighted by molar-refractivity contribution is 0.0777. The molecule has 1 heterocycles. The molecule has 0 radical (unpaired) electrons. The quantitative estimate of drug-likeness (QED) is 0.719. The summed E-state index contributed by atoms with van der Waals surface area (Å²) >= 11 is 0. The Morgan fingerprint density at radius 1 is 1.04 bits per heavy atom. The number of aryl methyl sites for hydroxylation is 1. The summed E-state index contributed by atoms with van der Waals surface area (Å²) in [5, 5.41) is 0. The van der Waals surface area contributed by atoms with Crippen LogP contribution in [0, 0.1) is 0 Å². The van der Waals surface area contributed by atoms with Crippen molar-refractivity contribution in [3.05, 3.63) is 83.9 Å². The van der Waals surface area contributed by atoms with Crippen LogP contribution < -0.4 is 0 Å². The molecular formula is C20H21N3O. The molecule has 0 aliphatic heterocycles. The Kier molecular flexibility index (Phi) is 4.75. The molecule has 24 heavy (non-hydrogen) atoms. The summed E-state index contributed by atoms with van der Waals surface area (Å²) in [4.78, 5) is 18.7. The number of hydrogen-bond donors (Lipinski definition) is 0. The number of carbonyl (C=O) groups is 1. The molecule has 4 heteroatoms. The predicted octanol–water partition coefficient (Wildman–Crippen LogP) is 3.71. The summed E-state index contributed by atoms with van der Waals surface area (Å²) in [5.41, 5.74) is 3.91. The largest absolute Gasteiger partial charge is 0.336 e. The first kappa shape index (κ1) is 16.0. The van der Waals surface area contributed by atoms with Crippen LogP contribution in [-0.4, -0.2) is 27.4 Å². The zero-order valence-electron chi connectivity index (χ0n) is 14.0. The molecule has 0 fully saturated rings. The molecule has 0 unspecified atom stereocenters. The monoisotopic (exact) mass is 319 g/mol. The van der Waals surface area contributed by atoms with E-state index in [-0.39, 0.29) is 5.91 Å². The van der Waals surface area contributed by atoms with Gasteiger partial charge in [0.1, 0.15) is 5.69 Å². The van der Waals surface area contributed by atoms with Crippen LogP contribution >= 0.6 is 0 Å². The van der Waals surface area contributed by atoms with Gasteiger partial charge in [0.25, 0.3) is 5.91 Å². The van der Waals surface area contributed by atoms with E-state index < -0.39 is 0 Å². The normalized spacial score (nSPS) is 10.6. The minimum absolute atomic E-state index is 0.0454. The summed E-state index contributed by atoms with van der Waals surface area (Å²) < 4.78 is 1.82. The molecule has 0 aliphatic carbocycles. The van der Waals surface area contributed by atoms with Crippen molar-refractivity contribution in [1.29, 1.82) is 0 Å². The fourth-order valence-corrected chi connectivity index (χ4v) is 2.67.